The van der Waals surface area contributed by atoms with Gasteiger partial charge in [0, 0.05) is 12.1 Å². The molecule has 0 aromatic heterocycles. The van der Waals surface area contributed by atoms with Crippen LogP contribution in [0.15, 0.2) is 36.4 Å². The van der Waals surface area contributed by atoms with Gasteiger partial charge in [-0.3, -0.25) is 9.69 Å². The van der Waals surface area contributed by atoms with Gasteiger partial charge in [-0.25, -0.2) is 0 Å². The van der Waals surface area contributed by atoms with Crippen molar-refractivity contribution in [2.75, 3.05) is 20.2 Å². The number of nitrogens with zero attached hydrogens (tertiary/aromatic N) is 1. The molecule has 1 aliphatic rings. The van der Waals surface area contributed by atoms with E-state index in [0.29, 0.717) is 11.5 Å². The van der Waals surface area contributed by atoms with Gasteiger partial charge in [0.1, 0.15) is 5.75 Å². The second-order valence-corrected chi connectivity index (χ2v) is 8.83. The predicted molar refractivity (Wildman–Crippen MR) is 123 cm³/mol. The van der Waals surface area contributed by atoms with E-state index in [-0.39, 0.29) is 11.9 Å². The molecule has 1 atom stereocenters. The Morgan fingerprint density at radius 3 is 2.30 bits per heavy atom. The molecule has 2 aromatic carbocycles. The van der Waals surface area contributed by atoms with E-state index >= 15 is 0 Å². The molecule has 1 fully saturated rings. The lowest BCUT2D eigenvalue weighted by atomic mass is 9.93. The molecule has 1 amide bonds. The van der Waals surface area contributed by atoms with Gasteiger partial charge in [-0.15, -0.1) is 0 Å². The topological polar surface area (TPSA) is 41.6 Å². The Bertz CT molecular complexity index is 852. The minimum Gasteiger partial charge on any atom is -0.496 e. The van der Waals surface area contributed by atoms with Crippen LogP contribution in [-0.4, -0.2) is 31.0 Å². The molecule has 162 valence electrons. The number of hydrogen-bond acceptors (Lipinski definition) is 3. The Morgan fingerprint density at radius 1 is 1.03 bits per heavy atom. The first-order valence-electron chi connectivity index (χ1n) is 11.2. The summed E-state index contributed by atoms with van der Waals surface area (Å²) in [5.74, 6) is 1.23. The highest BCUT2D eigenvalue weighted by atomic mass is 16.5. The van der Waals surface area contributed by atoms with Crippen molar-refractivity contribution in [2.24, 2.45) is 0 Å². The molecule has 0 spiro atoms. The standard InChI is InChI=1S/C26H36N2O2/c1-18(2)23-16-24(19(3)15-25(23)30-5)20(4)27-26(29)22-11-9-21(10-12-22)17-28-13-7-6-8-14-28/h9-12,15-16,18,20H,6-8,13-14,17H2,1-5H3,(H,27,29)/t20-/m1/s1. The molecule has 30 heavy (non-hydrogen) atoms. The van der Waals surface area contributed by atoms with E-state index in [9.17, 15) is 4.79 Å². The van der Waals surface area contributed by atoms with Crippen molar-refractivity contribution in [1.82, 2.24) is 10.2 Å². The van der Waals surface area contributed by atoms with Gasteiger partial charge in [0.15, 0.2) is 0 Å². The molecule has 0 aliphatic carbocycles. The van der Waals surface area contributed by atoms with Gasteiger partial charge in [0.2, 0.25) is 0 Å². The number of ether oxygens (including phenoxy) is 1. The normalized spacial score (nSPS) is 15.8. The molecular formula is C26H36N2O2. The van der Waals surface area contributed by atoms with Crippen molar-refractivity contribution in [3.05, 3.63) is 64.2 Å². The van der Waals surface area contributed by atoms with Crippen molar-refractivity contribution < 1.29 is 9.53 Å². The summed E-state index contributed by atoms with van der Waals surface area (Å²) in [4.78, 5) is 15.3. The molecule has 4 nitrogen and oxygen atoms in total. The van der Waals surface area contributed by atoms with Gasteiger partial charge >= 0.3 is 0 Å². The number of likely N-dealkylation sites (tertiary alicyclic amines) is 1. The Balaban J connectivity index is 1.67. The fourth-order valence-corrected chi connectivity index (χ4v) is 4.31. The molecule has 0 radical (unpaired) electrons. The molecular weight excluding hydrogens is 372 g/mol. The van der Waals surface area contributed by atoms with Gasteiger partial charge in [-0.2, -0.15) is 0 Å². The maximum Gasteiger partial charge on any atom is 0.251 e. The van der Waals surface area contributed by atoms with E-state index in [2.05, 4.69) is 55.3 Å². The maximum atomic E-state index is 12.8. The largest absolute Gasteiger partial charge is 0.496 e. The average Bonchev–Trinajstić information content (AvgIpc) is 2.74. The highest BCUT2D eigenvalue weighted by Crippen LogP contribution is 2.32. The zero-order chi connectivity index (χ0) is 21.7. The number of benzene rings is 2. The predicted octanol–water partition coefficient (Wildman–Crippen LogP) is 5.60. The molecule has 1 saturated heterocycles. The van der Waals surface area contributed by atoms with E-state index in [0.717, 1.165) is 23.4 Å². The first-order chi connectivity index (χ1) is 14.4. The van der Waals surface area contributed by atoms with Gasteiger partial charge in [-0.05, 0) is 92.2 Å². The fraction of sp³-hybridized carbons (Fsp3) is 0.500. The number of carbonyl (C=O) groups is 1. The average molecular weight is 409 g/mol. The van der Waals surface area contributed by atoms with Crippen LogP contribution in [0.2, 0.25) is 0 Å². The summed E-state index contributed by atoms with van der Waals surface area (Å²) in [7, 11) is 1.71. The number of hydrogen-bond donors (Lipinski definition) is 1. The van der Waals surface area contributed by atoms with Gasteiger partial charge < -0.3 is 10.1 Å². The summed E-state index contributed by atoms with van der Waals surface area (Å²) < 4.78 is 5.55. The summed E-state index contributed by atoms with van der Waals surface area (Å²) in [6.07, 6.45) is 3.93. The molecule has 1 heterocycles. The first kappa shape index (κ1) is 22.4. The van der Waals surface area contributed by atoms with Crippen LogP contribution in [0.25, 0.3) is 0 Å². The van der Waals surface area contributed by atoms with E-state index in [1.165, 1.54) is 43.5 Å². The van der Waals surface area contributed by atoms with E-state index in [1.54, 1.807) is 7.11 Å². The fourth-order valence-electron chi connectivity index (χ4n) is 4.31. The SMILES string of the molecule is COc1cc(C)c([C@@H](C)NC(=O)c2ccc(CN3CCCCC3)cc2)cc1C(C)C. The Morgan fingerprint density at radius 2 is 1.70 bits per heavy atom. The second kappa shape index (κ2) is 10.1. The van der Waals surface area contributed by atoms with Crippen LogP contribution < -0.4 is 10.1 Å². The summed E-state index contributed by atoms with van der Waals surface area (Å²) in [5.41, 5.74) is 5.41. The van der Waals surface area contributed by atoms with Gasteiger partial charge in [-0.1, -0.05) is 32.4 Å². The van der Waals surface area contributed by atoms with Gasteiger partial charge in [0.25, 0.3) is 5.91 Å². The summed E-state index contributed by atoms with van der Waals surface area (Å²) in [5, 5.41) is 3.17. The minimum absolute atomic E-state index is 0.0339. The summed E-state index contributed by atoms with van der Waals surface area (Å²) in [6.45, 7) is 11.8. The zero-order valence-corrected chi connectivity index (χ0v) is 19.1. The lowest BCUT2D eigenvalue weighted by Gasteiger charge is -2.26. The van der Waals surface area contributed by atoms with E-state index in [4.69, 9.17) is 4.74 Å². The molecule has 3 rings (SSSR count). The van der Waals surface area contributed by atoms with Crippen LogP contribution in [0.3, 0.4) is 0 Å². The summed E-state index contributed by atoms with van der Waals surface area (Å²) >= 11 is 0. The number of rotatable bonds is 7. The molecule has 0 bridgehead atoms. The van der Waals surface area contributed by atoms with E-state index in [1.807, 2.05) is 19.1 Å². The lowest BCUT2D eigenvalue weighted by molar-refractivity contribution is 0.0940. The van der Waals surface area contributed by atoms with Gasteiger partial charge in [0.05, 0.1) is 13.2 Å². The Hall–Kier alpha value is -2.33. The van der Waals surface area contributed by atoms with E-state index < -0.39 is 0 Å². The van der Waals surface area contributed by atoms with Crippen LogP contribution in [0.5, 0.6) is 5.75 Å². The molecule has 0 saturated carbocycles. The molecule has 1 N–H and O–H groups in total. The highest BCUT2D eigenvalue weighted by molar-refractivity contribution is 5.94. The number of piperidine rings is 1. The van der Waals surface area contributed by atoms with Crippen LogP contribution in [0, 0.1) is 6.92 Å². The molecule has 1 aliphatic heterocycles. The summed E-state index contributed by atoms with van der Waals surface area (Å²) in [6, 6.07) is 12.2. The van der Waals surface area contributed by atoms with Crippen LogP contribution in [0.1, 0.15) is 84.6 Å². The quantitative estimate of drug-likeness (QED) is 0.648. The number of amides is 1. The smallest absolute Gasteiger partial charge is 0.251 e. The number of aryl methyl sites for hydroxylation is 1. The second-order valence-electron chi connectivity index (χ2n) is 8.83. The Kier molecular flexibility index (Phi) is 7.54. The molecule has 0 unspecified atom stereocenters. The van der Waals surface area contributed by atoms with Crippen molar-refractivity contribution in [3.8, 4) is 5.75 Å². The molecule has 2 aromatic rings. The third kappa shape index (κ3) is 5.42. The zero-order valence-electron chi connectivity index (χ0n) is 19.1. The Labute approximate surface area is 181 Å². The number of nitrogens with one attached hydrogen (secondary N) is 1. The van der Waals surface area contributed by atoms with Crippen molar-refractivity contribution in [3.63, 3.8) is 0 Å². The maximum absolute atomic E-state index is 12.8. The van der Waals surface area contributed by atoms with Crippen molar-refractivity contribution in [1.29, 1.82) is 0 Å². The number of carbonyl (C=O) groups excluding carboxylic acids is 1. The van der Waals surface area contributed by atoms with Crippen molar-refractivity contribution >= 4 is 5.91 Å². The third-order valence-corrected chi connectivity index (χ3v) is 6.13. The third-order valence-electron chi connectivity index (χ3n) is 6.13. The highest BCUT2D eigenvalue weighted by Gasteiger charge is 2.18. The monoisotopic (exact) mass is 408 g/mol. The van der Waals surface area contributed by atoms with Crippen LogP contribution >= 0.6 is 0 Å². The van der Waals surface area contributed by atoms with Crippen LogP contribution in [-0.2, 0) is 6.54 Å². The van der Waals surface area contributed by atoms with Crippen LogP contribution in [0.4, 0.5) is 0 Å². The lowest BCUT2D eigenvalue weighted by Crippen LogP contribution is -2.29. The first-order valence-corrected chi connectivity index (χ1v) is 11.2. The molecule has 4 heteroatoms. The van der Waals surface area contributed by atoms with Crippen molar-refractivity contribution in [2.45, 2.75) is 65.5 Å². The number of methoxy groups -OCH3 is 1. The minimum atomic E-state index is -0.0751.